The highest BCUT2D eigenvalue weighted by molar-refractivity contribution is 5.93. The Balaban J connectivity index is 0.00000261. The minimum absolute atomic E-state index is 0. The van der Waals surface area contributed by atoms with Gasteiger partial charge in [-0.25, -0.2) is 0 Å². The first kappa shape index (κ1) is 21.5. The molecule has 0 N–H and O–H groups in total. The summed E-state index contributed by atoms with van der Waals surface area (Å²) in [7, 11) is 0. The third-order valence-electron chi connectivity index (χ3n) is 5.44. The maximum absolute atomic E-state index is 12.7. The SMILES string of the molecule is CCC(=O)N(c1ccccc1)[C@H]1CCN(CCc2ccccc2)C[C@H]1C.Cl. The molecule has 0 spiro atoms. The van der Waals surface area contributed by atoms with E-state index < -0.39 is 0 Å². The molecule has 2 aromatic carbocycles. The summed E-state index contributed by atoms with van der Waals surface area (Å²) in [5.74, 6) is 0.695. The fourth-order valence-corrected chi connectivity index (χ4v) is 4.02. The summed E-state index contributed by atoms with van der Waals surface area (Å²) in [4.78, 5) is 17.3. The Morgan fingerprint density at radius 3 is 2.30 bits per heavy atom. The summed E-state index contributed by atoms with van der Waals surface area (Å²) in [6.45, 7) is 7.45. The second-order valence-electron chi connectivity index (χ2n) is 7.32. The molecule has 2 aromatic rings. The first-order chi connectivity index (χ1) is 12.7. The summed E-state index contributed by atoms with van der Waals surface area (Å²) in [6, 6.07) is 21.1. The van der Waals surface area contributed by atoms with Gasteiger partial charge in [0.05, 0.1) is 0 Å². The van der Waals surface area contributed by atoms with E-state index in [1.807, 2.05) is 25.1 Å². The van der Waals surface area contributed by atoms with E-state index in [0.29, 0.717) is 12.3 Å². The fraction of sp³-hybridized carbons (Fsp3) is 0.435. The largest absolute Gasteiger partial charge is 0.309 e. The van der Waals surface area contributed by atoms with Crippen molar-refractivity contribution in [2.75, 3.05) is 24.5 Å². The van der Waals surface area contributed by atoms with Crippen LogP contribution in [0.15, 0.2) is 60.7 Å². The number of para-hydroxylation sites is 1. The van der Waals surface area contributed by atoms with Crippen LogP contribution in [0.2, 0.25) is 0 Å². The van der Waals surface area contributed by atoms with Gasteiger partial charge in [-0.05, 0) is 36.5 Å². The van der Waals surface area contributed by atoms with Gasteiger partial charge in [0.1, 0.15) is 0 Å². The lowest BCUT2D eigenvalue weighted by Crippen LogP contribution is -2.52. The van der Waals surface area contributed by atoms with Crippen LogP contribution in [0, 0.1) is 5.92 Å². The number of rotatable bonds is 6. The molecule has 27 heavy (non-hydrogen) atoms. The molecule has 1 heterocycles. The average Bonchev–Trinajstić information content (AvgIpc) is 2.69. The third-order valence-corrected chi connectivity index (χ3v) is 5.44. The van der Waals surface area contributed by atoms with E-state index >= 15 is 0 Å². The number of nitrogens with zero attached hydrogens (tertiary/aromatic N) is 2. The van der Waals surface area contributed by atoms with Crippen LogP contribution in [-0.2, 0) is 11.2 Å². The Labute approximate surface area is 169 Å². The van der Waals surface area contributed by atoms with Gasteiger partial charge >= 0.3 is 0 Å². The second kappa shape index (κ2) is 10.5. The number of hydrogen-bond acceptors (Lipinski definition) is 2. The lowest BCUT2D eigenvalue weighted by molar-refractivity contribution is -0.119. The topological polar surface area (TPSA) is 23.6 Å². The Morgan fingerprint density at radius 1 is 1.07 bits per heavy atom. The van der Waals surface area contributed by atoms with Crippen molar-refractivity contribution >= 4 is 24.0 Å². The number of halogens is 1. The van der Waals surface area contributed by atoms with Gasteiger partial charge in [-0.2, -0.15) is 0 Å². The van der Waals surface area contributed by atoms with Crippen LogP contribution in [0.25, 0.3) is 0 Å². The zero-order valence-corrected chi connectivity index (χ0v) is 17.2. The summed E-state index contributed by atoms with van der Waals surface area (Å²) < 4.78 is 0. The first-order valence-electron chi connectivity index (χ1n) is 9.82. The molecule has 1 aliphatic heterocycles. The van der Waals surface area contributed by atoms with Crippen molar-refractivity contribution in [2.45, 2.75) is 39.2 Å². The van der Waals surface area contributed by atoms with Crippen LogP contribution < -0.4 is 4.90 Å². The molecule has 1 amide bonds. The van der Waals surface area contributed by atoms with Crippen molar-refractivity contribution in [1.82, 2.24) is 4.90 Å². The number of amides is 1. The van der Waals surface area contributed by atoms with Gasteiger partial charge in [0.15, 0.2) is 0 Å². The van der Waals surface area contributed by atoms with E-state index in [2.05, 4.69) is 59.2 Å². The van der Waals surface area contributed by atoms with Crippen LogP contribution in [0.1, 0.15) is 32.3 Å². The molecule has 3 nitrogen and oxygen atoms in total. The number of piperidine rings is 1. The van der Waals surface area contributed by atoms with Gasteiger partial charge in [0.2, 0.25) is 5.91 Å². The van der Waals surface area contributed by atoms with Crippen molar-refractivity contribution in [3.05, 3.63) is 66.2 Å². The van der Waals surface area contributed by atoms with Crippen molar-refractivity contribution < 1.29 is 4.79 Å². The van der Waals surface area contributed by atoms with E-state index in [0.717, 1.165) is 38.2 Å². The van der Waals surface area contributed by atoms with Gasteiger partial charge in [0.25, 0.3) is 0 Å². The summed E-state index contributed by atoms with van der Waals surface area (Å²) in [5.41, 5.74) is 2.43. The van der Waals surface area contributed by atoms with Gasteiger partial charge in [-0.1, -0.05) is 62.4 Å². The minimum Gasteiger partial charge on any atom is -0.309 e. The molecule has 1 saturated heterocycles. The second-order valence-corrected chi connectivity index (χ2v) is 7.32. The van der Waals surface area contributed by atoms with Gasteiger partial charge in [0, 0.05) is 37.8 Å². The fourth-order valence-electron chi connectivity index (χ4n) is 4.02. The molecule has 0 radical (unpaired) electrons. The molecule has 4 heteroatoms. The Hall–Kier alpha value is -1.84. The van der Waals surface area contributed by atoms with Crippen molar-refractivity contribution in [2.24, 2.45) is 5.92 Å². The molecule has 0 unspecified atom stereocenters. The lowest BCUT2D eigenvalue weighted by atomic mass is 9.91. The molecular weight excluding hydrogens is 356 g/mol. The summed E-state index contributed by atoms with van der Waals surface area (Å²) >= 11 is 0. The molecule has 1 fully saturated rings. The van der Waals surface area contributed by atoms with Crippen LogP contribution >= 0.6 is 12.4 Å². The predicted octanol–water partition coefficient (Wildman–Crippen LogP) is 4.80. The monoisotopic (exact) mass is 386 g/mol. The Kier molecular flexibility index (Phi) is 8.33. The summed E-state index contributed by atoms with van der Waals surface area (Å²) in [5, 5.41) is 0. The highest BCUT2D eigenvalue weighted by Crippen LogP contribution is 2.28. The van der Waals surface area contributed by atoms with E-state index in [4.69, 9.17) is 0 Å². The molecule has 0 aromatic heterocycles. The van der Waals surface area contributed by atoms with Crippen LogP contribution in [-0.4, -0.2) is 36.5 Å². The van der Waals surface area contributed by atoms with Gasteiger partial charge in [-0.3, -0.25) is 4.79 Å². The number of anilines is 1. The molecule has 3 rings (SSSR count). The quantitative estimate of drug-likeness (QED) is 0.711. The molecule has 0 saturated carbocycles. The number of likely N-dealkylation sites (tertiary alicyclic amines) is 1. The standard InChI is InChI=1S/C23H30N2O.ClH/c1-3-23(26)25(21-12-8-5-9-13-21)22-15-17-24(18-19(22)2)16-14-20-10-6-4-7-11-20;/h4-13,19,22H,3,14-18H2,1-2H3;1H/t19-,22+;/m1./s1. The van der Waals surface area contributed by atoms with Crippen LogP contribution in [0.5, 0.6) is 0 Å². The van der Waals surface area contributed by atoms with Crippen molar-refractivity contribution in [3.8, 4) is 0 Å². The lowest BCUT2D eigenvalue weighted by Gasteiger charge is -2.42. The average molecular weight is 387 g/mol. The number of benzene rings is 2. The maximum Gasteiger partial charge on any atom is 0.226 e. The van der Waals surface area contributed by atoms with Crippen molar-refractivity contribution in [1.29, 1.82) is 0 Å². The Bertz CT molecular complexity index is 692. The van der Waals surface area contributed by atoms with Crippen molar-refractivity contribution in [3.63, 3.8) is 0 Å². The highest BCUT2D eigenvalue weighted by atomic mass is 35.5. The zero-order chi connectivity index (χ0) is 18.4. The van der Waals surface area contributed by atoms with Crippen LogP contribution in [0.3, 0.4) is 0 Å². The molecule has 0 aliphatic carbocycles. The summed E-state index contributed by atoms with van der Waals surface area (Å²) in [6.07, 6.45) is 2.68. The molecule has 1 aliphatic rings. The molecule has 2 atom stereocenters. The zero-order valence-electron chi connectivity index (χ0n) is 16.4. The van der Waals surface area contributed by atoms with Gasteiger partial charge in [-0.15, -0.1) is 12.4 Å². The van der Waals surface area contributed by atoms with Crippen LogP contribution in [0.4, 0.5) is 5.69 Å². The molecule has 0 bridgehead atoms. The molecule has 146 valence electrons. The highest BCUT2D eigenvalue weighted by Gasteiger charge is 2.33. The molecular formula is C23H31ClN2O. The number of hydrogen-bond donors (Lipinski definition) is 0. The third kappa shape index (κ3) is 5.57. The van der Waals surface area contributed by atoms with E-state index in [9.17, 15) is 4.79 Å². The normalized spacial score (nSPS) is 19.9. The predicted molar refractivity (Wildman–Crippen MR) is 116 cm³/mol. The van der Waals surface area contributed by atoms with E-state index in [1.54, 1.807) is 0 Å². The number of carbonyl (C=O) groups is 1. The van der Waals surface area contributed by atoms with E-state index in [1.165, 1.54) is 5.56 Å². The first-order valence-corrected chi connectivity index (χ1v) is 9.82. The minimum atomic E-state index is 0. The maximum atomic E-state index is 12.7. The number of carbonyl (C=O) groups excluding carboxylic acids is 1. The van der Waals surface area contributed by atoms with Gasteiger partial charge < -0.3 is 9.80 Å². The Morgan fingerprint density at radius 2 is 1.70 bits per heavy atom. The smallest absolute Gasteiger partial charge is 0.226 e. The van der Waals surface area contributed by atoms with E-state index in [-0.39, 0.29) is 24.4 Å².